The second kappa shape index (κ2) is 10.1. The number of hydrogen-bond acceptors (Lipinski definition) is 7. The van der Waals surface area contributed by atoms with E-state index in [1.165, 1.54) is 24.3 Å². The summed E-state index contributed by atoms with van der Waals surface area (Å²) in [5.41, 5.74) is -0.304. The van der Waals surface area contributed by atoms with Crippen LogP contribution in [0.15, 0.2) is 23.6 Å². The molecule has 3 aromatic heterocycles. The first-order valence-electron chi connectivity index (χ1n) is 10.3. The molecule has 0 saturated heterocycles. The Labute approximate surface area is 215 Å². The van der Waals surface area contributed by atoms with Crippen LogP contribution in [0, 0.1) is 0 Å². The maximum absolute atomic E-state index is 15.5. The van der Waals surface area contributed by atoms with Gasteiger partial charge in [0.25, 0.3) is 0 Å². The van der Waals surface area contributed by atoms with Crippen molar-refractivity contribution < 1.29 is 23.3 Å². The molecule has 0 aromatic carbocycles. The number of anilines is 1. The molecule has 0 aliphatic heterocycles. The smallest absolute Gasteiger partial charge is 0.409 e. The van der Waals surface area contributed by atoms with Gasteiger partial charge in [-0.2, -0.15) is 8.78 Å². The van der Waals surface area contributed by atoms with Gasteiger partial charge in [-0.15, -0.1) is 22.7 Å². The van der Waals surface area contributed by atoms with E-state index in [0.717, 1.165) is 16.2 Å². The molecule has 3 aromatic rings. The zero-order chi connectivity index (χ0) is 25.4. The second-order valence-electron chi connectivity index (χ2n) is 8.72. The number of amides is 1. The van der Waals surface area contributed by atoms with Crippen LogP contribution in [-0.4, -0.2) is 34.8 Å². The Kier molecular flexibility index (Phi) is 8.04. The van der Waals surface area contributed by atoms with Gasteiger partial charge in [-0.3, -0.25) is 0 Å². The van der Waals surface area contributed by atoms with Crippen LogP contribution in [0.5, 0.6) is 0 Å². The van der Waals surface area contributed by atoms with Crippen molar-refractivity contribution in [1.82, 2.24) is 10.3 Å². The molecule has 0 unspecified atom stereocenters. The van der Waals surface area contributed by atoms with Crippen LogP contribution in [-0.2, 0) is 17.2 Å². The summed E-state index contributed by atoms with van der Waals surface area (Å²) >= 11 is 14.8. The minimum absolute atomic E-state index is 0.0498. The number of halogens is 4. The number of ether oxygens (including phenoxy) is 1. The predicted octanol–water partition coefficient (Wildman–Crippen LogP) is 6.79. The third kappa shape index (κ3) is 5.94. The predicted molar refractivity (Wildman–Crippen MR) is 137 cm³/mol. The molecule has 3 rings (SSSR count). The number of nitrogens with zero attached hydrogens (tertiary/aromatic N) is 2. The van der Waals surface area contributed by atoms with E-state index in [1.54, 1.807) is 32.4 Å². The Bertz CT molecular complexity index is 1170. The van der Waals surface area contributed by atoms with Crippen LogP contribution in [0.4, 0.5) is 19.3 Å². The van der Waals surface area contributed by atoms with E-state index in [4.69, 9.17) is 27.9 Å². The molecule has 0 aliphatic rings. The molecular weight excluding hydrogens is 526 g/mol. The highest BCUT2D eigenvalue weighted by Gasteiger charge is 2.44. The van der Waals surface area contributed by atoms with Crippen molar-refractivity contribution in [2.75, 3.05) is 4.81 Å². The summed E-state index contributed by atoms with van der Waals surface area (Å²) in [5, 5.41) is 14.3. The number of alkyl halides is 2. The van der Waals surface area contributed by atoms with E-state index in [-0.39, 0.29) is 15.7 Å². The second-order valence-corrected chi connectivity index (χ2v) is 11.5. The molecule has 2 N–H and O–H groups in total. The zero-order valence-electron chi connectivity index (χ0n) is 19.2. The molecule has 1 amide bonds. The molecule has 3 heterocycles. The molecular formula is C21H24BCl2F2N3O3S2. The Morgan fingerprint density at radius 2 is 2.06 bits per heavy atom. The highest BCUT2D eigenvalue weighted by molar-refractivity contribution is 7.20. The van der Waals surface area contributed by atoms with Gasteiger partial charge in [-0.25, -0.2) is 9.78 Å². The molecule has 0 aliphatic carbocycles. The van der Waals surface area contributed by atoms with Crippen molar-refractivity contribution >= 4 is 74.9 Å². The Morgan fingerprint density at radius 1 is 1.38 bits per heavy atom. The largest absolute Gasteiger partial charge is 0.444 e. The number of fused-ring (bicyclic) bond motifs is 1. The first-order chi connectivity index (χ1) is 15.7. The van der Waals surface area contributed by atoms with E-state index >= 15 is 8.78 Å². The molecule has 1 atom stereocenters. The van der Waals surface area contributed by atoms with Crippen molar-refractivity contribution in [2.45, 2.75) is 58.6 Å². The summed E-state index contributed by atoms with van der Waals surface area (Å²) in [6.07, 6.45) is -0.963. The van der Waals surface area contributed by atoms with Gasteiger partial charge in [0.1, 0.15) is 16.3 Å². The summed E-state index contributed by atoms with van der Waals surface area (Å²) in [6.45, 7) is 8.00. The van der Waals surface area contributed by atoms with Crippen molar-refractivity contribution in [2.24, 2.45) is 0 Å². The fourth-order valence-corrected chi connectivity index (χ4v) is 5.74. The Morgan fingerprint density at radius 3 is 2.62 bits per heavy atom. The first kappa shape index (κ1) is 26.9. The van der Waals surface area contributed by atoms with Crippen LogP contribution in [0.1, 0.15) is 37.4 Å². The minimum atomic E-state index is -3.54. The van der Waals surface area contributed by atoms with E-state index in [0.29, 0.717) is 16.9 Å². The summed E-state index contributed by atoms with van der Waals surface area (Å²) in [4.78, 5) is 18.4. The lowest BCUT2D eigenvalue weighted by atomic mass is 9.84. The molecule has 0 fully saturated rings. The highest BCUT2D eigenvalue weighted by Crippen LogP contribution is 2.48. The first-order valence-corrected chi connectivity index (χ1v) is 12.8. The maximum atomic E-state index is 15.5. The normalized spacial score (nSPS) is 13.1. The fraction of sp³-hybridized carbons (Fsp3) is 0.429. The molecule has 0 saturated carbocycles. The van der Waals surface area contributed by atoms with Crippen molar-refractivity contribution in [3.63, 3.8) is 0 Å². The quantitative estimate of drug-likeness (QED) is 0.251. The van der Waals surface area contributed by atoms with Gasteiger partial charge >= 0.3 is 19.1 Å². The van der Waals surface area contributed by atoms with Crippen LogP contribution in [0.25, 0.3) is 10.2 Å². The van der Waals surface area contributed by atoms with Crippen LogP contribution in [0.3, 0.4) is 0 Å². The summed E-state index contributed by atoms with van der Waals surface area (Å²) < 4.78 is 36.4. The van der Waals surface area contributed by atoms with E-state index in [9.17, 15) is 9.82 Å². The number of aromatic nitrogens is 1. The molecule has 6 nitrogen and oxygen atoms in total. The third-order valence-electron chi connectivity index (χ3n) is 4.78. The molecule has 0 spiro atoms. The number of alkyl carbamates (subject to hydrolysis) is 1. The van der Waals surface area contributed by atoms with Gasteiger partial charge < -0.3 is 19.9 Å². The molecule has 34 heavy (non-hydrogen) atoms. The topological polar surface area (TPSA) is 74.7 Å². The van der Waals surface area contributed by atoms with Crippen LogP contribution >= 0.6 is 45.9 Å². The van der Waals surface area contributed by atoms with Gasteiger partial charge in [0.05, 0.1) is 20.6 Å². The van der Waals surface area contributed by atoms with Crippen molar-refractivity contribution in [1.29, 1.82) is 0 Å². The number of rotatable bonds is 7. The van der Waals surface area contributed by atoms with Gasteiger partial charge in [0, 0.05) is 17.1 Å². The lowest BCUT2D eigenvalue weighted by Gasteiger charge is -2.26. The van der Waals surface area contributed by atoms with Crippen LogP contribution < -0.4 is 10.1 Å². The summed E-state index contributed by atoms with van der Waals surface area (Å²) in [7, 11) is -0.943. The lowest BCUT2D eigenvalue weighted by Crippen LogP contribution is -2.45. The van der Waals surface area contributed by atoms with Crippen molar-refractivity contribution in [3.05, 3.63) is 43.5 Å². The summed E-state index contributed by atoms with van der Waals surface area (Å²) in [6, 6.07) is 3.69. The lowest BCUT2D eigenvalue weighted by molar-refractivity contribution is -0.0377. The Hall–Kier alpha value is -1.66. The van der Waals surface area contributed by atoms with Gasteiger partial charge in [0.15, 0.2) is 0 Å². The molecule has 0 radical (unpaired) electrons. The standard InChI is InChI=1S/C21H24BCl2F2N3O3S2/c1-11(27-19(30)32-20(2,3)4)21(25,26)18-15(24)16-17(34-18)13(9-14(23)28-16)29(22(5)31)10-12-7-6-8-33-12/h6-9,11,31H,10H2,1-5H3,(H,27,30)/t11-/m0/s1. The van der Waals surface area contributed by atoms with Crippen LogP contribution in [0.2, 0.25) is 17.0 Å². The SMILES string of the molecule is CB(O)N(Cc1cccs1)c1cc(Cl)nc2c(Cl)c(C(F)(F)[C@H](C)NC(=O)OC(C)(C)C)sc12. The number of pyridine rings is 1. The number of carbonyl (C=O) groups excluding carboxylic acids is 1. The number of thiophene rings is 2. The van der Waals surface area contributed by atoms with Gasteiger partial charge in [-0.05, 0) is 52.0 Å². The number of carbonyl (C=O) groups is 1. The van der Waals surface area contributed by atoms with Gasteiger partial charge in [0.2, 0.25) is 0 Å². The number of nitrogens with one attached hydrogen (secondary N) is 1. The molecule has 0 bridgehead atoms. The minimum Gasteiger partial charge on any atom is -0.444 e. The maximum Gasteiger partial charge on any atom is 0.409 e. The van der Waals surface area contributed by atoms with E-state index in [1.807, 2.05) is 17.5 Å². The van der Waals surface area contributed by atoms with E-state index in [2.05, 4.69) is 10.3 Å². The van der Waals surface area contributed by atoms with Gasteiger partial charge in [-0.1, -0.05) is 29.3 Å². The average Bonchev–Trinajstić information content (AvgIpc) is 3.32. The highest BCUT2D eigenvalue weighted by atomic mass is 35.5. The summed E-state index contributed by atoms with van der Waals surface area (Å²) in [5.74, 6) is -3.54. The zero-order valence-corrected chi connectivity index (χ0v) is 22.3. The monoisotopic (exact) mass is 549 g/mol. The van der Waals surface area contributed by atoms with Crippen molar-refractivity contribution in [3.8, 4) is 0 Å². The number of hydrogen-bond donors (Lipinski definition) is 2. The van der Waals surface area contributed by atoms with E-state index < -0.39 is 35.6 Å². The Balaban J connectivity index is 2.03. The average molecular weight is 550 g/mol. The third-order valence-corrected chi connectivity index (χ3v) is 7.60. The molecule has 184 valence electrons. The fourth-order valence-electron chi connectivity index (χ4n) is 3.18. The molecule has 13 heteroatoms.